The first-order chi connectivity index (χ1) is 10.0. The smallest absolute Gasteiger partial charge is 0.252 e. The summed E-state index contributed by atoms with van der Waals surface area (Å²) in [4.78, 5) is 15.3. The lowest BCUT2D eigenvalue weighted by Crippen LogP contribution is -2.14. The molecule has 2 N–H and O–H groups in total. The van der Waals surface area contributed by atoms with Crippen LogP contribution in [0.25, 0.3) is 17.3 Å². The second kappa shape index (κ2) is 5.16. The van der Waals surface area contributed by atoms with Crippen LogP contribution in [-0.2, 0) is 6.54 Å². The normalized spacial score (nSPS) is 13.8. The predicted octanol–water partition coefficient (Wildman–Crippen LogP) is 3.42. The van der Waals surface area contributed by atoms with Gasteiger partial charge in [-0.3, -0.25) is 4.79 Å². The summed E-state index contributed by atoms with van der Waals surface area (Å²) in [7, 11) is 0. The number of carbonyl (C=O) groups is 1. The molecule has 0 radical (unpaired) electrons. The lowest BCUT2D eigenvalue weighted by molar-refractivity contribution is 0.1000. The van der Waals surface area contributed by atoms with E-state index in [2.05, 4.69) is 4.98 Å². The largest absolute Gasteiger partial charge is 0.365 e. The van der Waals surface area contributed by atoms with Gasteiger partial charge in [0.2, 0.25) is 5.95 Å². The van der Waals surface area contributed by atoms with Crippen molar-refractivity contribution in [2.24, 2.45) is 5.73 Å². The van der Waals surface area contributed by atoms with E-state index in [0.29, 0.717) is 29.4 Å². The Morgan fingerprint density at radius 3 is 2.86 bits per heavy atom. The van der Waals surface area contributed by atoms with Crippen molar-refractivity contribution in [2.75, 3.05) is 0 Å². The maximum Gasteiger partial charge on any atom is 0.252 e. The number of carbonyl (C=O) groups excluding carboxylic acids is 1. The molecule has 3 heterocycles. The summed E-state index contributed by atoms with van der Waals surface area (Å²) in [5, 5.41) is 0.712. The van der Waals surface area contributed by atoms with Gasteiger partial charge in [0.15, 0.2) is 0 Å². The molecule has 2 aromatic heterocycles. The zero-order valence-electron chi connectivity index (χ0n) is 10.7. The summed E-state index contributed by atoms with van der Waals surface area (Å²) >= 11 is 12.3. The molecule has 7 heteroatoms. The Kier molecular flexibility index (Phi) is 3.47. The highest BCUT2D eigenvalue weighted by Gasteiger charge is 2.28. The van der Waals surface area contributed by atoms with Crippen LogP contribution in [0.1, 0.15) is 22.5 Å². The number of halogens is 3. The lowest BCUT2D eigenvalue weighted by Gasteiger charge is -2.16. The fourth-order valence-electron chi connectivity index (χ4n) is 2.49. The first-order valence-corrected chi connectivity index (χ1v) is 6.95. The Hall–Kier alpha value is -1.85. The summed E-state index contributed by atoms with van der Waals surface area (Å²) in [5.74, 6) is -1.33. The van der Waals surface area contributed by atoms with Crippen molar-refractivity contribution in [2.45, 2.75) is 13.0 Å². The van der Waals surface area contributed by atoms with Gasteiger partial charge >= 0.3 is 0 Å². The molecule has 0 unspecified atom stereocenters. The van der Waals surface area contributed by atoms with Crippen LogP contribution in [-0.4, -0.2) is 15.5 Å². The van der Waals surface area contributed by atoms with Crippen molar-refractivity contribution in [3.63, 3.8) is 0 Å². The van der Waals surface area contributed by atoms with Crippen LogP contribution in [0.5, 0.6) is 0 Å². The molecule has 0 saturated carbocycles. The van der Waals surface area contributed by atoms with Crippen LogP contribution in [0.4, 0.5) is 4.39 Å². The van der Waals surface area contributed by atoms with Crippen molar-refractivity contribution in [1.82, 2.24) is 9.55 Å². The summed E-state index contributed by atoms with van der Waals surface area (Å²) in [6, 6.07) is 3.16. The average molecular weight is 326 g/mol. The molecule has 0 saturated heterocycles. The lowest BCUT2D eigenvalue weighted by atomic mass is 10.1. The summed E-state index contributed by atoms with van der Waals surface area (Å²) in [6.45, 7) is 0.487. The summed E-state index contributed by atoms with van der Waals surface area (Å²) in [5.41, 5.74) is 6.66. The van der Waals surface area contributed by atoms with Crippen molar-refractivity contribution in [3.8, 4) is 11.3 Å². The van der Waals surface area contributed by atoms with Gasteiger partial charge in [-0.25, -0.2) is 4.98 Å². The average Bonchev–Trinajstić information content (AvgIpc) is 2.71. The topological polar surface area (TPSA) is 60.9 Å². The third-order valence-corrected chi connectivity index (χ3v) is 4.04. The molecule has 1 aliphatic heterocycles. The van der Waals surface area contributed by atoms with Gasteiger partial charge in [0.05, 0.1) is 27.5 Å². The van der Waals surface area contributed by atoms with E-state index in [9.17, 15) is 9.18 Å². The molecule has 0 atom stereocenters. The maximum atomic E-state index is 14.0. The Labute approximate surface area is 130 Å². The van der Waals surface area contributed by atoms with E-state index in [1.54, 1.807) is 22.8 Å². The first kappa shape index (κ1) is 14.1. The molecule has 0 aliphatic carbocycles. The third kappa shape index (κ3) is 2.22. The molecule has 1 aliphatic rings. The number of rotatable bonds is 2. The highest BCUT2D eigenvalue weighted by molar-refractivity contribution is 6.37. The number of pyridine rings is 1. The van der Waals surface area contributed by atoms with Gasteiger partial charge in [0.1, 0.15) is 0 Å². The Bertz CT molecular complexity index is 783. The molecule has 3 rings (SSSR count). The zero-order chi connectivity index (χ0) is 15.1. The second-order valence-electron chi connectivity index (χ2n) is 4.62. The fourth-order valence-corrected chi connectivity index (χ4v) is 3.07. The highest BCUT2D eigenvalue weighted by atomic mass is 35.5. The van der Waals surface area contributed by atoms with Crippen LogP contribution < -0.4 is 5.73 Å². The monoisotopic (exact) mass is 325 g/mol. The molecule has 0 bridgehead atoms. The number of amides is 1. The van der Waals surface area contributed by atoms with Gasteiger partial charge in [0, 0.05) is 24.2 Å². The van der Waals surface area contributed by atoms with E-state index >= 15 is 0 Å². The SMILES string of the molecule is NC(=O)c1c(Cl)c(-c2cccnc2F)n2c1C=C(Cl)CC2. The number of hydrogen-bond acceptors (Lipinski definition) is 2. The van der Waals surface area contributed by atoms with E-state index in [1.807, 2.05) is 0 Å². The Morgan fingerprint density at radius 1 is 1.43 bits per heavy atom. The number of hydrogen-bond donors (Lipinski definition) is 1. The quantitative estimate of drug-likeness (QED) is 0.860. The molecule has 0 spiro atoms. The Balaban J connectivity index is 2.36. The van der Waals surface area contributed by atoms with Crippen molar-refractivity contribution < 1.29 is 9.18 Å². The van der Waals surface area contributed by atoms with Gasteiger partial charge in [-0.05, 0) is 18.2 Å². The molecular weight excluding hydrogens is 316 g/mol. The number of nitrogens with two attached hydrogens (primary N) is 1. The third-order valence-electron chi connectivity index (χ3n) is 3.37. The van der Waals surface area contributed by atoms with Gasteiger partial charge in [-0.15, -0.1) is 0 Å². The summed E-state index contributed by atoms with van der Waals surface area (Å²) in [6.07, 6.45) is 3.56. The van der Waals surface area contributed by atoms with E-state index in [1.165, 1.54) is 6.20 Å². The predicted molar refractivity (Wildman–Crippen MR) is 79.6 cm³/mol. The number of allylic oxidation sites excluding steroid dienone is 1. The number of nitrogens with zero attached hydrogens (tertiary/aromatic N) is 2. The molecule has 21 heavy (non-hydrogen) atoms. The molecule has 0 fully saturated rings. The fraction of sp³-hybridized carbons (Fsp3) is 0.143. The molecular formula is C14H10Cl2FN3O. The second-order valence-corrected chi connectivity index (χ2v) is 5.49. The molecule has 108 valence electrons. The number of aromatic nitrogens is 2. The minimum Gasteiger partial charge on any atom is -0.365 e. The van der Waals surface area contributed by atoms with E-state index in [-0.39, 0.29) is 16.1 Å². The van der Waals surface area contributed by atoms with Crippen LogP contribution in [0, 0.1) is 5.95 Å². The van der Waals surface area contributed by atoms with E-state index < -0.39 is 11.9 Å². The molecule has 2 aromatic rings. The minimum atomic E-state index is -0.679. The molecule has 0 aromatic carbocycles. The van der Waals surface area contributed by atoms with Crippen LogP contribution in [0.3, 0.4) is 0 Å². The summed E-state index contributed by atoms with van der Waals surface area (Å²) < 4.78 is 15.7. The number of fused-ring (bicyclic) bond motifs is 1. The van der Waals surface area contributed by atoms with Gasteiger partial charge < -0.3 is 10.3 Å². The van der Waals surface area contributed by atoms with Crippen LogP contribution in [0.15, 0.2) is 23.4 Å². The van der Waals surface area contributed by atoms with Crippen LogP contribution in [0.2, 0.25) is 5.02 Å². The highest BCUT2D eigenvalue weighted by Crippen LogP contribution is 2.40. The van der Waals surface area contributed by atoms with Crippen LogP contribution >= 0.6 is 23.2 Å². The first-order valence-electron chi connectivity index (χ1n) is 6.19. The van der Waals surface area contributed by atoms with Gasteiger partial charge in [-0.1, -0.05) is 23.2 Å². The molecule has 4 nitrogen and oxygen atoms in total. The number of primary amides is 1. The minimum absolute atomic E-state index is 0.118. The van der Waals surface area contributed by atoms with E-state index in [0.717, 1.165) is 0 Å². The van der Waals surface area contributed by atoms with Crippen molar-refractivity contribution in [1.29, 1.82) is 0 Å². The van der Waals surface area contributed by atoms with E-state index in [4.69, 9.17) is 28.9 Å². The Morgan fingerprint density at radius 2 is 2.19 bits per heavy atom. The van der Waals surface area contributed by atoms with Gasteiger partial charge in [-0.2, -0.15) is 4.39 Å². The standard InChI is InChI=1S/C14H10Cl2FN3O/c15-7-3-5-20-9(6-7)10(14(18)21)11(16)12(20)8-2-1-4-19-13(8)17/h1-2,4,6H,3,5H2,(H2,18,21). The van der Waals surface area contributed by atoms with Crippen molar-refractivity contribution >= 4 is 35.2 Å². The van der Waals surface area contributed by atoms with Gasteiger partial charge in [0.25, 0.3) is 5.91 Å². The zero-order valence-corrected chi connectivity index (χ0v) is 12.2. The van der Waals surface area contributed by atoms with Crippen molar-refractivity contribution in [3.05, 3.63) is 45.6 Å². The maximum absolute atomic E-state index is 14.0. The molecule has 1 amide bonds.